The summed E-state index contributed by atoms with van der Waals surface area (Å²) < 4.78 is 21.6. The van der Waals surface area contributed by atoms with Gasteiger partial charge in [0.05, 0.1) is 5.75 Å². The summed E-state index contributed by atoms with van der Waals surface area (Å²) in [6.45, 7) is 2.01. The minimum atomic E-state index is -2.77. The van der Waals surface area contributed by atoms with Crippen LogP contribution >= 0.6 is 11.8 Å². The van der Waals surface area contributed by atoms with Gasteiger partial charge in [-0.3, -0.25) is 0 Å². The summed E-state index contributed by atoms with van der Waals surface area (Å²) >= 11 is 1.71. The minimum Gasteiger partial charge on any atom is -0.328 e. The Morgan fingerprint density at radius 1 is 1.29 bits per heavy atom. The van der Waals surface area contributed by atoms with Gasteiger partial charge in [0, 0.05) is 18.1 Å². The zero-order valence-electron chi connectivity index (χ0n) is 9.03. The molecule has 0 amide bonds. The average Bonchev–Trinajstić information content (AvgIpc) is 2.00. The van der Waals surface area contributed by atoms with Crippen LogP contribution in [0.3, 0.4) is 0 Å². The number of rotatable bonds is 8. The van der Waals surface area contributed by atoms with Crippen molar-refractivity contribution in [3.8, 4) is 0 Å². The molecular weight excluding hydrogens is 218 g/mol. The van der Waals surface area contributed by atoms with Crippen LogP contribution in [0.25, 0.3) is 0 Å². The maximum absolute atomic E-state index is 10.8. The van der Waals surface area contributed by atoms with Crippen molar-refractivity contribution in [1.29, 1.82) is 0 Å². The van der Waals surface area contributed by atoms with Gasteiger partial charge in [-0.15, -0.1) is 0 Å². The zero-order chi connectivity index (χ0) is 11.0. The third-order valence-electron chi connectivity index (χ3n) is 1.80. The Morgan fingerprint density at radius 3 is 2.43 bits per heavy atom. The van der Waals surface area contributed by atoms with E-state index in [0.717, 1.165) is 30.8 Å². The molecule has 0 aromatic rings. The van der Waals surface area contributed by atoms with Crippen molar-refractivity contribution in [1.82, 2.24) is 0 Å². The van der Waals surface area contributed by atoms with Gasteiger partial charge < -0.3 is 5.73 Å². The van der Waals surface area contributed by atoms with Crippen LogP contribution in [-0.4, -0.2) is 38.0 Å². The zero-order valence-corrected chi connectivity index (χ0v) is 10.7. The second-order valence-corrected chi connectivity index (χ2v) is 7.20. The topological polar surface area (TPSA) is 60.2 Å². The van der Waals surface area contributed by atoms with Crippen LogP contribution in [0.1, 0.15) is 26.2 Å². The van der Waals surface area contributed by atoms with E-state index in [0.29, 0.717) is 5.75 Å². The fraction of sp³-hybridized carbons (Fsp3) is 1.00. The van der Waals surface area contributed by atoms with Gasteiger partial charge >= 0.3 is 0 Å². The quantitative estimate of drug-likeness (QED) is 0.648. The van der Waals surface area contributed by atoms with Crippen molar-refractivity contribution in [2.75, 3.05) is 23.5 Å². The van der Waals surface area contributed by atoms with Gasteiger partial charge in [0.25, 0.3) is 0 Å². The van der Waals surface area contributed by atoms with Crippen LogP contribution in [0, 0.1) is 0 Å². The van der Waals surface area contributed by atoms with Crippen LogP contribution in [-0.2, 0) is 9.84 Å². The maximum atomic E-state index is 10.8. The molecule has 14 heavy (non-hydrogen) atoms. The molecule has 0 aromatic carbocycles. The standard InChI is InChI=1S/C9H21NO2S2/c1-9(10)5-3-4-6-13-7-8-14(2,11)12/h9H,3-8,10H2,1-2H3. The number of unbranched alkanes of at least 4 members (excludes halogenated alkanes) is 1. The molecule has 5 heteroatoms. The SMILES string of the molecule is CC(N)CCCCSCCS(C)(=O)=O. The van der Waals surface area contributed by atoms with E-state index in [1.54, 1.807) is 11.8 Å². The highest BCUT2D eigenvalue weighted by Gasteiger charge is 2.01. The Bertz CT molecular complexity index is 225. The smallest absolute Gasteiger partial charge is 0.148 e. The first-order valence-electron chi connectivity index (χ1n) is 4.93. The molecule has 0 aliphatic heterocycles. The lowest BCUT2D eigenvalue weighted by atomic mass is 10.2. The summed E-state index contributed by atoms with van der Waals surface area (Å²) in [4.78, 5) is 0. The number of thioether (sulfide) groups is 1. The van der Waals surface area contributed by atoms with Crippen LogP contribution in [0.2, 0.25) is 0 Å². The van der Waals surface area contributed by atoms with Crippen molar-refractivity contribution >= 4 is 21.6 Å². The molecule has 0 aliphatic rings. The Kier molecular flexibility index (Phi) is 7.68. The number of nitrogens with two attached hydrogens (primary N) is 1. The lowest BCUT2D eigenvalue weighted by molar-refractivity contribution is 0.603. The monoisotopic (exact) mass is 239 g/mol. The molecular formula is C9H21NO2S2. The first-order chi connectivity index (χ1) is 6.42. The molecule has 0 rings (SSSR count). The molecule has 0 fully saturated rings. The highest BCUT2D eigenvalue weighted by Crippen LogP contribution is 2.07. The van der Waals surface area contributed by atoms with Gasteiger partial charge in [-0.25, -0.2) is 8.42 Å². The Labute approximate surface area is 91.7 Å². The van der Waals surface area contributed by atoms with Crippen LogP contribution < -0.4 is 5.73 Å². The second-order valence-electron chi connectivity index (χ2n) is 3.72. The number of hydrogen-bond acceptors (Lipinski definition) is 4. The van der Waals surface area contributed by atoms with Crippen LogP contribution in [0.5, 0.6) is 0 Å². The van der Waals surface area contributed by atoms with Crippen LogP contribution in [0.15, 0.2) is 0 Å². The van der Waals surface area contributed by atoms with Crippen LogP contribution in [0.4, 0.5) is 0 Å². The maximum Gasteiger partial charge on any atom is 0.148 e. The fourth-order valence-electron chi connectivity index (χ4n) is 0.983. The number of sulfone groups is 1. The molecule has 0 heterocycles. The van der Waals surface area contributed by atoms with E-state index in [1.807, 2.05) is 6.92 Å². The predicted molar refractivity (Wildman–Crippen MR) is 64.5 cm³/mol. The third-order valence-corrected chi connectivity index (χ3v) is 4.07. The van der Waals surface area contributed by atoms with Gasteiger partial charge in [0.1, 0.15) is 9.84 Å². The Morgan fingerprint density at radius 2 is 1.93 bits per heavy atom. The summed E-state index contributed by atoms with van der Waals surface area (Å²) in [5, 5.41) is 0. The Hall–Kier alpha value is 0.260. The minimum absolute atomic E-state index is 0.288. The summed E-state index contributed by atoms with van der Waals surface area (Å²) in [5.74, 6) is 2.06. The van der Waals surface area contributed by atoms with E-state index in [1.165, 1.54) is 6.26 Å². The summed E-state index contributed by atoms with van der Waals surface area (Å²) in [7, 11) is -2.77. The van der Waals surface area contributed by atoms with Gasteiger partial charge in [0.15, 0.2) is 0 Å². The normalized spacial score (nSPS) is 14.2. The van der Waals surface area contributed by atoms with Crippen molar-refractivity contribution in [3.05, 3.63) is 0 Å². The van der Waals surface area contributed by atoms with E-state index in [4.69, 9.17) is 5.73 Å². The molecule has 0 saturated carbocycles. The van der Waals surface area contributed by atoms with E-state index >= 15 is 0 Å². The summed E-state index contributed by atoms with van der Waals surface area (Å²) in [5.41, 5.74) is 5.60. The lowest BCUT2D eigenvalue weighted by Gasteiger charge is -2.04. The van der Waals surface area contributed by atoms with E-state index in [9.17, 15) is 8.42 Å². The molecule has 3 nitrogen and oxygen atoms in total. The molecule has 0 aromatic heterocycles. The van der Waals surface area contributed by atoms with E-state index in [-0.39, 0.29) is 6.04 Å². The van der Waals surface area contributed by atoms with E-state index in [2.05, 4.69) is 0 Å². The molecule has 0 aliphatic carbocycles. The van der Waals surface area contributed by atoms with Gasteiger partial charge in [0.2, 0.25) is 0 Å². The molecule has 0 radical (unpaired) electrons. The lowest BCUT2D eigenvalue weighted by Crippen LogP contribution is -2.14. The Balaban J connectivity index is 3.15. The first-order valence-corrected chi connectivity index (χ1v) is 8.14. The molecule has 1 atom stereocenters. The predicted octanol–water partition coefficient (Wildman–Crippen LogP) is 1.28. The average molecular weight is 239 g/mol. The van der Waals surface area contributed by atoms with Gasteiger partial charge in [-0.2, -0.15) is 11.8 Å². The van der Waals surface area contributed by atoms with Gasteiger partial charge in [-0.05, 0) is 25.5 Å². The third kappa shape index (κ3) is 12.3. The fourth-order valence-corrected chi connectivity index (χ4v) is 3.28. The highest BCUT2D eigenvalue weighted by atomic mass is 32.2. The molecule has 0 spiro atoms. The highest BCUT2D eigenvalue weighted by molar-refractivity contribution is 8.00. The second kappa shape index (κ2) is 7.54. The van der Waals surface area contributed by atoms with E-state index < -0.39 is 9.84 Å². The molecule has 0 bridgehead atoms. The number of hydrogen-bond donors (Lipinski definition) is 1. The molecule has 0 saturated heterocycles. The molecule has 1 unspecified atom stereocenters. The van der Waals surface area contributed by atoms with Crippen molar-refractivity contribution in [2.24, 2.45) is 5.73 Å². The summed E-state index contributed by atoms with van der Waals surface area (Å²) in [6, 6.07) is 0.288. The van der Waals surface area contributed by atoms with Gasteiger partial charge in [-0.1, -0.05) is 6.42 Å². The first kappa shape index (κ1) is 14.3. The molecule has 86 valence electrons. The molecule has 2 N–H and O–H groups in total. The largest absolute Gasteiger partial charge is 0.328 e. The summed E-state index contributed by atoms with van der Waals surface area (Å²) in [6.07, 6.45) is 4.62. The van der Waals surface area contributed by atoms with Crippen molar-refractivity contribution in [3.63, 3.8) is 0 Å². The van der Waals surface area contributed by atoms with Crippen molar-refractivity contribution < 1.29 is 8.42 Å². The van der Waals surface area contributed by atoms with Crippen molar-refractivity contribution in [2.45, 2.75) is 32.2 Å².